The molecule has 0 spiro atoms. The van der Waals surface area contributed by atoms with Gasteiger partial charge in [-0.25, -0.2) is 0 Å². The molecule has 1 atom stereocenters. The predicted octanol–water partition coefficient (Wildman–Crippen LogP) is 2.75. The van der Waals surface area contributed by atoms with Gasteiger partial charge in [0, 0.05) is 12.0 Å². The first-order chi connectivity index (χ1) is 9.53. The van der Waals surface area contributed by atoms with Crippen molar-refractivity contribution >= 4 is 10.1 Å². The highest BCUT2D eigenvalue weighted by molar-refractivity contribution is 7.86. The van der Waals surface area contributed by atoms with Gasteiger partial charge in [0.15, 0.2) is 0 Å². The van der Waals surface area contributed by atoms with Crippen LogP contribution in [0.25, 0.3) is 0 Å². The molecule has 3 rings (SSSR count). The van der Waals surface area contributed by atoms with E-state index >= 15 is 0 Å². The van der Waals surface area contributed by atoms with Gasteiger partial charge in [0.1, 0.15) is 5.75 Å². The first kappa shape index (κ1) is 13.1. The van der Waals surface area contributed by atoms with Gasteiger partial charge in [0.2, 0.25) is 0 Å². The second kappa shape index (κ2) is 4.61. The Morgan fingerprint density at radius 1 is 1.00 bits per heavy atom. The summed E-state index contributed by atoms with van der Waals surface area (Å²) in [5.74, 6) is 0.500. The van der Waals surface area contributed by atoms with Crippen molar-refractivity contribution in [2.24, 2.45) is 0 Å². The summed E-state index contributed by atoms with van der Waals surface area (Å²) in [5, 5.41) is 0. The first-order valence-electron chi connectivity index (χ1n) is 6.32. The van der Waals surface area contributed by atoms with Crippen molar-refractivity contribution in [3.63, 3.8) is 0 Å². The number of benzene rings is 2. The summed E-state index contributed by atoms with van der Waals surface area (Å²) >= 11 is 0. The Hall–Kier alpha value is -1.85. The molecule has 0 fully saturated rings. The molecule has 1 heterocycles. The second-order valence-electron chi connectivity index (χ2n) is 4.80. The zero-order chi connectivity index (χ0) is 14.2. The predicted molar refractivity (Wildman–Crippen MR) is 75.1 cm³/mol. The van der Waals surface area contributed by atoms with E-state index in [1.807, 2.05) is 12.1 Å². The minimum Gasteiger partial charge on any atom is -0.464 e. The summed E-state index contributed by atoms with van der Waals surface area (Å²) < 4.78 is 39.3. The van der Waals surface area contributed by atoms with E-state index in [0.29, 0.717) is 17.7 Å². The second-order valence-corrected chi connectivity index (χ2v) is 6.41. The van der Waals surface area contributed by atoms with Gasteiger partial charge in [-0.1, -0.05) is 48.5 Å². The molecule has 5 heteroatoms. The molecule has 20 heavy (non-hydrogen) atoms. The third kappa shape index (κ3) is 1.99. The molecule has 0 bridgehead atoms. The van der Waals surface area contributed by atoms with E-state index in [1.54, 1.807) is 42.5 Å². The number of para-hydroxylation sites is 1. The van der Waals surface area contributed by atoms with Crippen molar-refractivity contribution in [2.75, 3.05) is 0 Å². The minimum absolute atomic E-state index is 0.187. The Morgan fingerprint density at radius 2 is 1.65 bits per heavy atom. The molecule has 1 aliphatic rings. The van der Waals surface area contributed by atoms with Crippen LogP contribution in [0.1, 0.15) is 17.5 Å². The average molecular weight is 290 g/mol. The lowest BCUT2D eigenvalue weighted by Gasteiger charge is -2.36. The van der Waals surface area contributed by atoms with E-state index in [0.717, 1.165) is 5.56 Å². The van der Waals surface area contributed by atoms with Crippen LogP contribution in [0.3, 0.4) is 0 Å². The molecule has 0 saturated carbocycles. The van der Waals surface area contributed by atoms with Crippen molar-refractivity contribution in [3.8, 4) is 5.75 Å². The third-order valence-corrected chi connectivity index (χ3v) is 4.96. The number of aryl methyl sites for hydroxylation is 1. The fraction of sp³-hybridized carbons (Fsp3) is 0.200. The quantitative estimate of drug-likeness (QED) is 0.864. The van der Waals surface area contributed by atoms with Crippen LogP contribution in [0.2, 0.25) is 0 Å². The highest BCUT2D eigenvalue weighted by Crippen LogP contribution is 2.42. The van der Waals surface area contributed by atoms with E-state index in [4.69, 9.17) is 4.74 Å². The van der Waals surface area contributed by atoms with Crippen LogP contribution < -0.4 is 4.74 Å². The molecule has 1 N–H and O–H groups in total. The van der Waals surface area contributed by atoms with Gasteiger partial charge < -0.3 is 4.74 Å². The Labute approximate surface area is 117 Å². The SMILES string of the molecule is O=S(=O)(O)C1(c2ccccc2)CCc2ccccc2O1. The first-order valence-corrected chi connectivity index (χ1v) is 7.76. The largest absolute Gasteiger partial charge is 0.464 e. The van der Waals surface area contributed by atoms with Crippen LogP contribution in [-0.4, -0.2) is 13.0 Å². The normalized spacial score (nSPS) is 21.9. The lowest BCUT2D eigenvalue weighted by molar-refractivity contribution is 0.115. The fourth-order valence-corrected chi connectivity index (χ4v) is 3.55. The molecule has 4 nitrogen and oxygen atoms in total. The van der Waals surface area contributed by atoms with Crippen molar-refractivity contribution in [3.05, 3.63) is 65.7 Å². The average Bonchev–Trinajstić information content (AvgIpc) is 2.46. The van der Waals surface area contributed by atoms with Crippen LogP contribution in [0.15, 0.2) is 54.6 Å². The standard InChI is InChI=1S/C15H14O4S/c16-20(17,18)15(13-7-2-1-3-8-13)11-10-12-6-4-5-9-14(12)19-15/h1-9H,10-11H2,(H,16,17,18). The van der Waals surface area contributed by atoms with Crippen LogP contribution in [0, 0.1) is 0 Å². The smallest absolute Gasteiger partial charge is 0.310 e. The molecule has 1 aliphatic heterocycles. The monoisotopic (exact) mass is 290 g/mol. The van der Waals surface area contributed by atoms with Crippen molar-refractivity contribution < 1.29 is 17.7 Å². The van der Waals surface area contributed by atoms with Gasteiger partial charge >= 0.3 is 10.1 Å². The number of rotatable bonds is 2. The molecule has 104 valence electrons. The van der Waals surface area contributed by atoms with Gasteiger partial charge in [0.25, 0.3) is 4.93 Å². The molecule has 0 amide bonds. The zero-order valence-corrected chi connectivity index (χ0v) is 11.5. The van der Waals surface area contributed by atoms with Gasteiger partial charge in [0.05, 0.1) is 0 Å². The highest BCUT2D eigenvalue weighted by Gasteiger charge is 2.49. The summed E-state index contributed by atoms with van der Waals surface area (Å²) in [5.41, 5.74) is 1.39. The minimum atomic E-state index is -4.41. The molecule has 1 unspecified atom stereocenters. The van der Waals surface area contributed by atoms with Crippen molar-refractivity contribution in [1.82, 2.24) is 0 Å². The number of fused-ring (bicyclic) bond motifs is 1. The van der Waals surface area contributed by atoms with Crippen LogP contribution in [-0.2, 0) is 21.5 Å². The van der Waals surface area contributed by atoms with E-state index in [9.17, 15) is 13.0 Å². The molecular weight excluding hydrogens is 276 g/mol. The maximum absolute atomic E-state index is 11.9. The van der Waals surface area contributed by atoms with E-state index in [-0.39, 0.29) is 6.42 Å². The summed E-state index contributed by atoms with van der Waals surface area (Å²) in [6.07, 6.45) is 0.720. The van der Waals surface area contributed by atoms with Gasteiger partial charge in [-0.05, 0) is 18.1 Å². The maximum atomic E-state index is 11.9. The Kier molecular flexibility index (Phi) is 3.03. The highest BCUT2D eigenvalue weighted by atomic mass is 32.2. The fourth-order valence-electron chi connectivity index (χ4n) is 2.56. The number of ether oxygens (including phenoxy) is 1. The summed E-state index contributed by atoms with van der Waals surface area (Å²) in [6.45, 7) is 0. The summed E-state index contributed by atoms with van der Waals surface area (Å²) in [7, 11) is -4.41. The molecule has 0 saturated heterocycles. The Morgan fingerprint density at radius 3 is 2.35 bits per heavy atom. The zero-order valence-electron chi connectivity index (χ0n) is 10.7. The third-order valence-electron chi connectivity index (χ3n) is 3.60. The molecule has 0 aromatic heterocycles. The van der Waals surface area contributed by atoms with E-state index in [2.05, 4.69) is 0 Å². The van der Waals surface area contributed by atoms with Gasteiger partial charge in [-0.15, -0.1) is 0 Å². The lowest BCUT2D eigenvalue weighted by Crippen LogP contribution is -2.44. The lowest BCUT2D eigenvalue weighted by atomic mass is 9.97. The summed E-state index contributed by atoms with van der Waals surface area (Å²) in [4.78, 5) is -1.72. The number of hydrogen-bond donors (Lipinski definition) is 1. The number of hydrogen-bond acceptors (Lipinski definition) is 3. The van der Waals surface area contributed by atoms with Crippen LogP contribution >= 0.6 is 0 Å². The molecule has 2 aromatic rings. The Balaban J connectivity index is 2.16. The van der Waals surface area contributed by atoms with E-state index < -0.39 is 15.1 Å². The van der Waals surface area contributed by atoms with E-state index in [1.165, 1.54) is 0 Å². The Bertz CT molecular complexity index is 725. The van der Waals surface area contributed by atoms with Crippen molar-refractivity contribution in [1.29, 1.82) is 0 Å². The summed E-state index contributed by atoms with van der Waals surface area (Å²) in [6, 6.07) is 15.8. The molecule has 0 aliphatic carbocycles. The molecular formula is C15H14O4S. The molecule has 0 radical (unpaired) electrons. The topological polar surface area (TPSA) is 63.6 Å². The molecule has 2 aromatic carbocycles. The van der Waals surface area contributed by atoms with Gasteiger partial charge in [-0.2, -0.15) is 8.42 Å². The van der Waals surface area contributed by atoms with Crippen LogP contribution in [0.5, 0.6) is 5.75 Å². The van der Waals surface area contributed by atoms with Crippen LogP contribution in [0.4, 0.5) is 0 Å². The van der Waals surface area contributed by atoms with Gasteiger partial charge in [-0.3, -0.25) is 4.55 Å². The van der Waals surface area contributed by atoms with Crippen molar-refractivity contribution in [2.45, 2.75) is 17.8 Å². The maximum Gasteiger partial charge on any atom is 0.310 e.